The molecule has 122 valence electrons. The van der Waals surface area contributed by atoms with Crippen molar-refractivity contribution in [1.82, 2.24) is 14.6 Å². The van der Waals surface area contributed by atoms with Gasteiger partial charge in [-0.05, 0) is 17.4 Å². The van der Waals surface area contributed by atoms with Crippen LogP contribution in [0.2, 0.25) is 5.02 Å². The molecule has 0 aliphatic carbocycles. The van der Waals surface area contributed by atoms with Crippen molar-refractivity contribution in [2.24, 2.45) is 5.92 Å². The first kappa shape index (κ1) is 16.8. The van der Waals surface area contributed by atoms with E-state index in [1.54, 1.807) is 10.7 Å². The summed E-state index contributed by atoms with van der Waals surface area (Å²) >= 11 is 6.31. The van der Waals surface area contributed by atoms with Crippen LogP contribution < -0.4 is 10.8 Å². The number of nitrogens with zero attached hydrogens (tertiary/aromatic N) is 3. The van der Waals surface area contributed by atoms with Crippen LogP contribution in [-0.2, 0) is 0 Å². The second-order valence-corrected chi connectivity index (χ2v) is 6.43. The number of aliphatic hydroxyl groups excluding tert-OH is 1. The molecule has 0 saturated heterocycles. The summed E-state index contributed by atoms with van der Waals surface area (Å²) in [6.07, 6.45) is 1.56. The Balaban J connectivity index is 2.16. The molecule has 0 spiro atoms. The quantitative estimate of drug-likeness (QED) is 0.700. The number of anilines is 1. The van der Waals surface area contributed by atoms with Crippen LogP contribution in [0.3, 0.4) is 0 Å². The van der Waals surface area contributed by atoms with Crippen molar-refractivity contribution in [2.45, 2.75) is 19.9 Å². The third-order valence-electron chi connectivity index (χ3n) is 3.98. The maximum absolute atomic E-state index is 9.61. The normalized spacial score (nSPS) is 12.7. The molecule has 0 unspecified atom stereocenters. The van der Waals surface area contributed by atoms with Gasteiger partial charge in [0, 0.05) is 22.8 Å². The van der Waals surface area contributed by atoms with E-state index in [0.29, 0.717) is 27.6 Å². The van der Waals surface area contributed by atoms with Crippen LogP contribution >= 0.6 is 11.6 Å². The Hall–Kier alpha value is -2.05. The van der Waals surface area contributed by atoms with Gasteiger partial charge in [0.25, 0.3) is 0 Å². The minimum atomic E-state index is -0.111. The highest BCUT2D eigenvalue weighted by Crippen LogP contribution is 2.28. The van der Waals surface area contributed by atoms with Gasteiger partial charge >= 0.3 is 0 Å². The van der Waals surface area contributed by atoms with E-state index in [1.807, 2.05) is 44.2 Å². The highest BCUT2D eigenvalue weighted by molar-refractivity contribution is 6.36. The maximum atomic E-state index is 9.61. The van der Waals surface area contributed by atoms with Crippen LogP contribution in [0.1, 0.15) is 13.8 Å². The number of hydrogen-bond donors (Lipinski definition) is 2. The van der Waals surface area contributed by atoms with Crippen molar-refractivity contribution in [3.05, 3.63) is 41.6 Å². The summed E-state index contributed by atoms with van der Waals surface area (Å²) in [4.78, 5) is 4.59. The second-order valence-electron chi connectivity index (χ2n) is 6.02. The average Bonchev–Trinajstić information content (AvgIpc) is 2.94. The second kappa shape index (κ2) is 6.83. The number of nitrogens with one attached hydrogen (secondary N) is 1. The molecule has 1 aromatic carbocycles. The number of hydrogen-bond acceptors (Lipinski definition) is 4. The molecule has 1 atom stereocenters. The fourth-order valence-electron chi connectivity index (χ4n) is 2.50. The predicted octanol–water partition coefficient (Wildman–Crippen LogP) is 2.27. The van der Waals surface area contributed by atoms with Gasteiger partial charge in [0.15, 0.2) is 5.65 Å². The Kier molecular flexibility index (Phi) is 4.78. The van der Waals surface area contributed by atoms with E-state index in [-0.39, 0.29) is 18.6 Å². The monoisotopic (exact) mass is 340 g/mol. The fraction of sp³-hybridized carbons (Fsp3) is 0.294. The van der Waals surface area contributed by atoms with Crippen molar-refractivity contribution in [3.63, 3.8) is 0 Å². The largest absolute Gasteiger partial charge is 0.394 e. The maximum Gasteiger partial charge on any atom is 0.150 e. The molecular weight excluding hydrogens is 322 g/mol. The van der Waals surface area contributed by atoms with E-state index in [9.17, 15) is 5.11 Å². The van der Waals surface area contributed by atoms with Gasteiger partial charge in [-0.1, -0.05) is 43.6 Å². The molecule has 0 saturated carbocycles. The van der Waals surface area contributed by atoms with Gasteiger partial charge < -0.3 is 10.4 Å². The minimum absolute atomic E-state index is 0.0136. The van der Waals surface area contributed by atoms with Crippen LogP contribution in [0.5, 0.6) is 0 Å². The standard InChI is InChI=1S/C17H18BClN4O/c1-10(2)15(9-24)21-16-7-14(11-5-3-4-6-13(11)19)22-17-12(18)8-20-23(16)17/h3-8,10,15,21,24H,9H2,1-2H3/t15-/m0/s1. The van der Waals surface area contributed by atoms with Gasteiger partial charge in [0.1, 0.15) is 13.7 Å². The molecule has 2 radical (unpaired) electrons. The van der Waals surface area contributed by atoms with Gasteiger partial charge in [-0.2, -0.15) is 9.61 Å². The lowest BCUT2D eigenvalue weighted by Crippen LogP contribution is -2.30. The van der Waals surface area contributed by atoms with Crippen molar-refractivity contribution < 1.29 is 5.11 Å². The summed E-state index contributed by atoms with van der Waals surface area (Å²) < 4.78 is 1.64. The molecule has 0 amide bonds. The molecule has 7 heteroatoms. The molecule has 0 aliphatic rings. The van der Waals surface area contributed by atoms with Gasteiger partial charge in [0.2, 0.25) is 0 Å². The fourth-order valence-corrected chi connectivity index (χ4v) is 2.74. The molecule has 2 aromatic heterocycles. The first-order chi connectivity index (χ1) is 11.5. The molecule has 2 N–H and O–H groups in total. The molecule has 0 bridgehead atoms. The van der Waals surface area contributed by atoms with E-state index < -0.39 is 0 Å². The Bertz CT molecular complexity index is 865. The van der Waals surface area contributed by atoms with Crippen molar-refractivity contribution in [1.29, 1.82) is 0 Å². The van der Waals surface area contributed by atoms with Crippen LogP contribution in [0, 0.1) is 5.92 Å². The molecule has 24 heavy (non-hydrogen) atoms. The van der Waals surface area contributed by atoms with Gasteiger partial charge in [0.05, 0.1) is 18.3 Å². The number of aromatic nitrogens is 3. The van der Waals surface area contributed by atoms with E-state index >= 15 is 0 Å². The highest BCUT2D eigenvalue weighted by atomic mass is 35.5. The summed E-state index contributed by atoms with van der Waals surface area (Å²) in [7, 11) is 6.00. The van der Waals surface area contributed by atoms with Crippen molar-refractivity contribution >= 4 is 36.4 Å². The van der Waals surface area contributed by atoms with Crippen LogP contribution in [-0.4, -0.2) is 40.2 Å². The van der Waals surface area contributed by atoms with E-state index in [0.717, 1.165) is 5.56 Å². The summed E-state index contributed by atoms with van der Waals surface area (Å²) in [5, 5.41) is 17.8. The molecular formula is C17H18BClN4O. The summed E-state index contributed by atoms with van der Waals surface area (Å²) in [6, 6.07) is 9.26. The summed E-state index contributed by atoms with van der Waals surface area (Å²) in [5.74, 6) is 0.953. The molecule has 5 nitrogen and oxygen atoms in total. The summed E-state index contributed by atoms with van der Waals surface area (Å²) in [6.45, 7) is 4.09. The molecule has 0 aliphatic heterocycles. The van der Waals surface area contributed by atoms with Gasteiger partial charge in [-0.25, -0.2) is 4.98 Å². The smallest absolute Gasteiger partial charge is 0.150 e. The topological polar surface area (TPSA) is 62.5 Å². The summed E-state index contributed by atoms with van der Waals surface area (Å²) in [5.41, 5.74) is 2.55. The number of fused-ring (bicyclic) bond motifs is 1. The van der Waals surface area contributed by atoms with Crippen molar-refractivity contribution in [3.8, 4) is 11.3 Å². The SMILES string of the molecule is [B]c1cnn2c(N[C@@H](CO)C(C)C)cc(-c3ccccc3Cl)nc12. The minimum Gasteiger partial charge on any atom is -0.394 e. The Morgan fingerprint density at radius 1 is 1.33 bits per heavy atom. The van der Waals surface area contributed by atoms with Crippen LogP contribution in [0.4, 0.5) is 5.82 Å². The number of rotatable bonds is 5. The van der Waals surface area contributed by atoms with Gasteiger partial charge in [-0.15, -0.1) is 0 Å². The lowest BCUT2D eigenvalue weighted by atomic mass is 10.0. The van der Waals surface area contributed by atoms with Crippen LogP contribution in [0.25, 0.3) is 16.9 Å². The van der Waals surface area contributed by atoms with E-state index in [2.05, 4.69) is 15.4 Å². The predicted molar refractivity (Wildman–Crippen MR) is 98.2 cm³/mol. The molecule has 3 rings (SSSR count). The molecule has 2 heterocycles. The zero-order chi connectivity index (χ0) is 17.3. The average molecular weight is 341 g/mol. The van der Waals surface area contributed by atoms with E-state index in [4.69, 9.17) is 19.4 Å². The van der Waals surface area contributed by atoms with Crippen molar-refractivity contribution in [2.75, 3.05) is 11.9 Å². The zero-order valence-corrected chi connectivity index (χ0v) is 14.3. The third kappa shape index (κ3) is 3.12. The molecule has 0 fully saturated rings. The lowest BCUT2D eigenvalue weighted by molar-refractivity contribution is 0.249. The lowest BCUT2D eigenvalue weighted by Gasteiger charge is -2.22. The Labute approximate surface area is 147 Å². The Morgan fingerprint density at radius 3 is 2.75 bits per heavy atom. The van der Waals surface area contributed by atoms with E-state index in [1.165, 1.54) is 0 Å². The molecule has 3 aromatic rings. The first-order valence-corrected chi connectivity index (χ1v) is 8.15. The third-order valence-corrected chi connectivity index (χ3v) is 4.31. The van der Waals surface area contributed by atoms with Gasteiger partial charge in [-0.3, -0.25) is 0 Å². The number of aliphatic hydroxyl groups is 1. The Morgan fingerprint density at radius 2 is 2.08 bits per heavy atom. The zero-order valence-electron chi connectivity index (χ0n) is 13.6. The van der Waals surface area contributed by atoms with Crippen LogP contribution in [0.15, 0.2) is 36.5 Å². The highest BCUT2D eigenvalue weighted by Gasteiger charge is 2.17. The number of halogens is 1. The first-order valence-electron chi connectivity index (χ1n) is 7.77. The number of benzene rings is 1.